The minimum absolute atomic E-state index is 0.235. The highest BCUT2D eigenvalue weighted by molar-refractivity contribution is 5.68. The second-order valence-electron chi connectivity index (χ2n) is 5.48. The standard InChI is InChI=1S/C18H23NO2/c1-2-3-14-19(17-12-8-5-9-13-17)18(20)21-15-16-10-6-4-7-11-16/h1,4,6-7,10-11,17H,3,5,8-9,12-15H2. The first kappa shape index (κ1) is 15.4. The Morgan fingerprint density at radius 1 is 1.24 bits per heavy atom. The Morgan fingerprint density at radius 2 is 1.95 bits per heavy atom. The highest BCUT2D eigenvalue weighted by Gasteiger charge is 2.25. The predicted octanol–water partition coefficient (Wildman–Crippen LogP) is 3.98. The topological polar surface area (TPSA) is 29.5 Å². The van der Waals surface area contributed by atoms with Crippen LogP contribution in [0.25, 0.3) is 0 Å². The molecule has 1 aromatic rings. The highest BCUT2D eigenvalue weighted by Crippen LogP contribution is 2.23. The van der Waals surface area contributed by atoms with Gasteiger partial charge in [-0.05, 0) is 18.4 Å². The van der Waals surface area contributed by atoms with E-state index in [2.05, 4.69) is 5.92 Å². The van der Waals surface area contributed by atoms with Gasteiger partial charge in [0.15, 0.2) is 0 Å². The summed E-state index contributed by atoms with van der Waals surface area (Å²) in [5.74, 6) is 2.62. The van der Waals surface area contributed by atoms with Crippen LogP contribution in [0.2, 0.25) is 0 Å². The second kappa shape index (κ2) is 8.36. The number of nitrogens with zero attached hydrogens (tertiary/aromatic N) is 1. The van der Waals surface area contributed by atoms with Crippen LogP contribution in [0.1, 0.15) is 44.1 Å². The number of hydrogen-bond donors (Lipinski definition) is 0. The fourth-order valence-electron chi connectivity index (χ4n) is 2.80. The third-order valence-corrected chi connectivity index (χ3v) is 3.95. The van der Waals surface area contributed by atoms with Crippen molar-refractivity contribution in [3.05, 3.63) is 35.9 Å². The molecule has 2 rings (SSSR count). The molecule has 21 heavy (non-hydrogen) atoms. The molecule has 0 aliphatic heterocycles. The fourth-order valence-corrected chi connectivity index (χ4v) is 2.80. The van der Waals surface area contributed by atoms with E-state index in [0.29, 0.717) is 19.6 Å². The largest absolute Gasteiger partial charge is 0.445 e. The molecule has 1 saturated carbocycles. The summed E-state index contributed by atoms with van der Waals surface area (Å²) in [5.41, 5.74) is 1.01. The van der Waals surface area contributed by atoms with E-state index in [1.165, 1.54) is 19.3 Å². The summed E-state index contributed by atoms with van der Waals surface area (Å²) in [6.07, 6.45) is 11.4. The smallest absolute Gasteiger partial charge is 0.410 e. The Hall–Kier alpha value is -1.95. The molecule has 0 unspecified atom stereocenters. The zero-order chi connectivity index (χ0) is 14.9. The van der Waals surface area contributed by atoms with Gasteiger partial charge in [-0.1, -0.05) is 49.6 Å². The lowest BCUT2D eigenvalue weighted by Gasteiger charge is -2.33. The molecule has 0 spiro atoms. The normalized spacial score (nSPS) is 15.2. The van der Waals surface area contributed by atoms with Crippen molar-refractivity contribution < 1.29 is 9.53 Å². The Balaban J connectivity index is 1.91. The molecular formula is C18H23NO2. The Kier molecular flexibility index (Phi) is 6.15. The number of ether oxygens (including phenoxy) is 1. The first-order valence-electron chi connectivity index (χ1n) is 7.72. The molecule has 3 heteroatoms. The van der Waals surface area contributed by atoms with Gasteiger partial charge in [-0.15, -0.1) is 12.3 Å². The maximum atomic E-state index is 12.4. The summed E-state index contributed by atoms with van der Waals surface area (Å²) >= 11 is 0. The molecule has 112 valence electrons. The highest BCUT2D eigenvalue weighted by atomic mass is 16.6. The third kappa shape index (κ3) is 4.82. The summed E-state index contributed by atoms with van der Waals surface area (Å²) in [6, 6.07) is 10.0. The van der Waals surface area contributed by atoms with Crippen molar-refractivity contribution in [1.82, 2.24) is 4.90 Å². The molecule has 0 heterocycles. The van der Waals surface area contributed by atoms with E-state index in [-0.39, 0.29) is 12.1 Å². The van der Waals surface area contributed by atoms with Crippen LogP contribution in [-0.2, 0) is 11.3 Å². The molecule has 1 fully saturated rings. The second-order valence-corrected chi connectivity index (χ2v) is 5.48. The third-order valence-electron chi connectivity index (χ3n) is 3.95. The summed E-state index contributed by atoms with van der Waals surface area (Å²) in [6.45, 7) is 0.910. The van der Waals surface area contributed by atoms with Crippen molar-refractivity contribution in [2.45, 2.75) is 51.2 Å². The van der Waals surface area contributed by atoms with Crippen molar-refractivity contribution >= 4 is 6.09 Å². The van der Waals surface area contributed by atoms with E-state index in [1.54, 1.807) is 0 Å². The lowest BCUT2D eigenvalue weighted by atomic mass is 9.94. The van der Waals surface area contributed by atoms with Crippen LogP contribution in [0.15, 0.2) is 30.3 Å². The quantitative estimate of drug-likeness (QED) is 0.766. The molecule has 0 aromatic heterocycles. The number of benzene rings is 1. The van der Waals surface area contributed by atoms with Crippen LogP contribution < -0.4 is 0 Å². The average Bonchev–Trinajstić information content (AvgIpc) is 2.55. The monoisotopic (exact) mass is 285 g/mol. The van der Waals surface area contributed by atoms with Gasteiger partial charge in [0.05, 0.1) is 0 Å². The molecule has 0 bridgehead atoms. The van der Waals surface area contributed by atoms with E-state index < -0.39 is 0 Å². The Labute approximate surface area is 127 Å². The molecule has 1 aromatic carbocycles. The summed E-state index contributed by atoms with van der Waals surface area (Å²) < 4.78 is 5.46. The van der Waals surface area contributed by atoms with Crippen molar-refractivity contribution in [3.63, 3.8) is 0 Å². The number of carbonyl (C=O) groups excluding carboxylic acids is 1. The molecule has 1 aliphatic carbocycles. The molecule has 0 N–H and O–H groups in total. The maximum Gasteiger partial charge on any atom is 0.410 e. The van der Waals surface area contributed by atoms with Crippen molar-refractivity contribution in [3.8, 4) is 12.3 Å². The van der Waals surface area contributed by atoms with Crippen LogP contribution in [0.4, 0.5) is 4.79 Å². The first-order chi connectivity index (χ1) is 10.3. The number of amides is 1. The Bertz CT molecular complexity index is 472. The number of carbonyl (C=O) groups is 1. The van der Waals surface area contributed by atoms with E-state index >= 15 is 0 Å². The van der Waals surface area contributed by atoms with Crippen molar-refractivity contribution in [2.75, 3.05) is 6.54 Å². The lowest BCUT2D eigenvalue weighted by Crippen LogP contribution is -2.42. The van der Waals surface area contributed by atoms with Gasteiger partial charge >= 0.3 is 6.09 Å². The molecule has 1 aliphatic rings. The predicted molar refractivity (Wildman–Crippen MR) is 83.7 cm³/mol. The summed E-state index contributed by atoms with van der Waals surface area (Å²) in [4.78, 5) is 14.2. The molecule has 0 radical (unpaired) electrons. The maximum absolute atomic E-state index is 12.4. The van der Waals surface area contributed by atoms with E-state index in [0.717, 1.165) is 18.4 Å². The van der Waals surface area contributed by atoms with Crippen LogP contribution in [0.3, 0.4) is 0 Å². The minimum atomic E-state index is -0.235. The fraction of sp³-hybridized carbons (Fsp3) is 0.500. The van der Waals surface area contributed by atoms with E-state index in [4.69, 9.17) is 11.2 Å². The summed E-state index contributed by atoms with van der Waals surface area (Å²) in [5, 5.41) is 0. The first-order valence-corrected chi connectivity index (χ1v) is 7.72. The van der Waals surface area contributed by atoms with Gasteiger partial charge in [-0.25, -0.2) is 4.79 Å². The van der Waals surface area contributed by atoms with E-state index in [9.17, 15) is 4.79 Å². The van der Waals surface area contributed by atoms with Crippen LogP contribution in [-0.4, -0.2) is 23.6 Å². The SMILES string of the molecule is C#CCCN(C(=O)OCc1ccccc1)C1CCCCC1. The van der Waals surface area contributed by atoms with Gasteiger partial charge in [0.25, 0.3) is 0 Å². The van der Waals surface area contributed by atoms with Gasteiger partial charge in [-0.3, -0.25) is 0 Å². The van der Waals surface area contributed by atoms with Gasteiger partial charge in [0, 0.05) is 19.0 Å². The van der Waals surface area contributed by atoms with Gasteiger partial charge in [0.2, 0.25) is 0 Å². The van der Waals surface area contributed by atoms with Crippen molar-refractivity contribution in [1.29, 1.82) is 0 Å². The summed E-state index contributed by atoms with van der Waals surface area (Å²) in [7, 11) is 0. The zero-order valence-corrected chi connectivity index (χ0v) is 12.5. The molecular weight excluding hydrogens is 262 g/mol. The van der Waals surface area contributed by atoms with Crippen LogP contribution >= 0.6 is 0 Å². The molecule has 3 nitrogen and oxygen atoms in total. The zero-order valence-electron chi connectivity index (χ0n) is 12.5. The molecule has 1 amide bonds. The number of terminal acetylenes is 1. The Morgan fingerprint density at radius 3 is 2.62 bits per heavy atom. The van der Waals surface area contributed by atoms with Crippen LogP contribution in [0.5, 0.6) is 0 Å². The number of hydrogen-bond acceptors (Lipinski definition) is 2. The van der Waals surface area contributed by atoms with Gasteiger partial charge in [0.1, 0.15) is 6.61 Å². The van der Waals surface area contributed by atoms with Gasteiger partial charge < -0.3 is 9.64 Å². The number of rotatable bonds is 5. The average molecular weight is 285 g/mol. The van der Waals surface area contributed by atoms with Crippen LogP contribution in [0, 0.1) is 12.3 Å². The van der Waals surface area contributed by atoms with Gasteiger partial charge in [-0.2, -0.15) is 0 Å². The van der Waals surface area contributed by atoms with Crippen molar-refractivity contribution in [2.24, 2.45) is 0 Å². The molecule has 0 atom stereocenters. The molecule has 0 saturated heterocycles. The lowest BCUT2D eigenvalue weighted by molar-refractivity contribution is 0.0728. The minimum Gasteiger partial charge on any atom is -0.445 e. The van der Waals surface area contributed by atoms with E-state index in [1.807, 2.05) is 35.2 Å².